The van der Waals surface area contributed by atoms with Gasteiger partial charge in [0.2, 0.25) is 0 Å². The molecular formula is C12H11F2N3. The van der Waals surface area contributed by atoms with Gasteiger partial charge in [-0.3, -0.25) is 5.10 Å². The molecule has 2 aromatic rings. The van der Waals surface area contributed by atoms with Gasteiger partial charge in [-0.2, -0.15) is 5.10 Å². The van der Waals surface area contributed by atoms with Crippen LogP contribution in [0.4, 0.5) is 14.6 Å². The lowest BCUT2D eigenvalue weighted by atomic mass is 10.1. The predicted molar refractivity (Wildman–Crippen MR) is 60.6 cm³/mol. The third-order valence-corrected chi connectivity index (χ3v) is 2.73. The van der Waals surface area contributed by atoms with Gasteiger partial charge in [-0.25, -0.2) is 8.78 Å². The molecule has 0 saturated heterocycles. The Kier molecular flexibility index (Phi) is 2.31. The second-order valence-electron chi connectivity index (χ2n) is 4.21. The summed E-state index contributed by atoms with van der Waals surface area (Å²) in [6.45, 7) is 0. The number of aromatic amines is 1. The number of nitrogens with one attached hydrogen (secondary N) is 2. The van der Waals surface area contributed by atoms with Crippen LogP contribution >= 0.6 is 0 Å². The van der Waals surface area contributed by atoms with Gasteiger partial charge in [-0.1, -0.05) is 0 Å². The Hall–Kier alpha value is -1.91. The van der Waals surface area contributed by atoms with Crippen LogP contribution in [0.1, 0.15) is 12.8 Å². The Balaban J connectivity index is 1.91. The fraction of sp³-hybridized carbons (Fsp3) is 0.250. The first-order valence-electron chi connectivity index (χ1n) is 5.50. The van der Waals surface area contributed by atoms with Crippen LogP contribution in [0.25, 0.3) is 11.3 Å². The molecule has 0 amide bonds. The molecule has 1 saturated carbocycles. The number of nitrogens with zero attached hydrogens (tertiary/aromatic N) is 1. The first-order valence-corrected chi connectivity index (χ1v) is 5.50. The topological polar surface area (TPSA) is 40.7 Å². The second kappa shape index (κ2) is 3.84. The maximum atomic E-state index is 13.5. The van der Waals surface area contributed by atoms with Crippen molar-refractivity contribution in [2.45, 2.75) is 18.9 Å². The van der Waals surface area contributed by atoms with E-state index in [1.807, 2.05) is 0 Å². The van der Waals surface area contributed by atoms with E-state index >= 15 is 0 Å². The van der Waals surface area contributed by atoms with E-state index in [4.69, 9.17) is 0 Å². The molecule has 17 heavy (non-hydrogen) atoms. The third kappa shape index (κ3) is 2.13. The van der Waals surface area contributed by atoms with E-state index in [2.05, 4.69) is 15.5 Å². The quantitative estimate of drug-likeness (QED) is 0.858. The highest BCUT2D eigenvalue weighted by Crippen LogP contribution is 2.27. The van der Waals surface area contributed by atoms with Crippen LogP contribution in [0.2, 0.25) is 0 Å². The molecule has 0 atom stereocenters. The summed E-state index contributed by atoms with van der Waals surface area (Å²) in [6.07, 6.45) is 2.27. The number of H-pyrrole nitrogens is 1. The largest absolute Gasteiger partial charge is 0.366 e. The minimum absolute atomic E-state index is 0.196. The number of halogens is 2. The van der Waals surface area contributed by atoms with Crippen molar-refractivity contribution in [3.8, 4) is 11.3 Å². The zero-order valence-corrected chi connectivity index (χ0v) is 9.00. The standard InChI is InChI=1S/C12H11F2N3/c13-7-1-4-10(14)9(5-7)11-6-12(17-16-11)15-8-2-3-8/h1,4-6,8H,2-3H2,(H2,15,16,17). The summed E-state index contributed by atoms with van der Waals surface area (Å²) in [5.74, 6) is -0.258. The zero-order chi connectivity index (χ0) is 11.8. The lowest BCUT2D eigenvalue weighted by Gasteiger charge is -1.99. The summed E-state index contributed by atoms with van der Waals surface area (Å²) >= 11 is 0. The third-order valence-electron chi connectivity index (χ3n) is 2.73. The summed E-state index contributed by atoms with van der Waals surface area (Å²) < 4.78 is 26.5. The normalized spacial score (nSPS) is 14.9. The minimum Gasteiger partial charge on any atom is -0.366 e. The molecule has 1 heterocycles. The molecule has 1 aromatic heterocycles. The molecular weight excluding hydrogens is 224 g/mol. The van der Waals surface area contributed by atoms with Crippen LogP contribution < -0.4 is 5.32 Å². The first kappa shape index (κ1) is 10.3. The van der Waals surface area contributed by atoms with Crippen molar-refractivity contribution < 1.29 is 8.78 Å². The van der Waals surface area contributed by atoms with Crippen molar-refractivity contribution in [1.82, 2.24) is 10.2 Å². The van der Waals surface area contributed by atoms with Gasteiger partial charge in [0, 0.05) is 17.7 Å². The fourth-order valence-corrected chi connectivity index (χ4v) is 1.67. The number of hydrogen-bond donors (Lipinski definition) is 2. The molecule has 0 radical (unpaired) electrons. The van der Waals surface area contributed by atoms with Gasteiger partial charge in [0.1, 0.15) is 17.5 Å². The molecule has 1 aliphatic rings. The molecule has 3 nitrogen and oxygen atoms in total. The van der Waals surface area contributed by atoms with Crippen molar-refractivity contribution in [2.24, 2.45) is 0 Å². The molecule has 1 aromatic carbocycles. The first-order chi connectivity index (χ1) is 8.22. The molecule has 0 unspecified atom stereocenters. The molecule has 0 spiro atoms. The van der Waals surface area contributed by atoms with E-state index < -0.39 is 11.6 Å². The minimum atomic E-state index is -0.465. The van der Waals surface area contributed by atoms with Crippen molar-refractivity contribution in [1.29, 1.82) is 0 Å². The van der Waals surface area contributed by atoms with Gasteiger partial charge in [-0.05, 0) is 31.0 Å². The Morgan fingerprint density at radius 2 is 2.06 bits per heavy atom. The Labute approximate surface area is 96.9 Å². The van der Waals surface area contributed by atoms with Crippen LogP contribution in [0.5, 0.6) is 0 Å². The zero-order valence-electron chi connectivity index (χ0n) is 9.00. The van der Waals surface area contributed by atoms with E-state index in [1.165, 1.54) is 0 Å². The molecule has 1 fully saturated rings. The summed E-state index contributed by atoms with van der Waals surface area (Å²) in [5.41, 5.74) is 0.673. The number of anilines is 1. The van der Waals surface area contributed by atoms with Crippen LogP contribution in [0.15, 0.2) is 24.3 Å². The maximum Gasteiger partial charge on any atom is 0.148 e. The molecule has 0 aliphatic heterocycles. The van der Waals surface area contributed by atoms with E-state index in [0.29, 0.717) is 17.6 Å². The van der Waals surface area contributed by atoms with Gasteiger partial charge in [-0.15, -0.1) is 0 Å². The van der Waals surface area contributed by atoms with Crippen LogP contribution in [0.3, 0.4) is 0 Å². The SMILES string of the molecule is Fc1ccc(F)c(-c2cc(NC3CC3)n[nH]2)c1. The Morgan fingerprint density at radius 1 is 1.24 bits per heavy atom. The average molecular weight is 235 g/mol. The highest BCUT2D eigenvalue weighted by Gasteiger charge is 2.22. The second-order valence-corrected chi connectivity index (χ2v) is 4.21. The van der Waals surface area contributed by atoms with E-state index in [-0.39, 0.29) is 5.56 Å². The lowest BCUT2D eigenvalue weighted by molar-refractivity contribution is 0.602. The monoisotopic (exact) mass is 235 g/mol. The van der Waals surface area contributed by atoms with E-state index in [0.717, 1.165) is 31.0 Å². The fourth-order valence-electron chi connectivity index (χ4n) is 1.67. The molecule has 3 rings (SSSR count). The Morgan fingerprint density at radius 3 is 2.82 bits per heavy atom. The molecule has 5 heteroatoms. The van der Waals surface area contributed by atoms with Gasteiger partial charge >= 0.3 is 0 Å². The smallest absolute Gasteiger partial charge is 0.148 e. The van der Waals surface area contributed by atoms with Crippen LogP contribution in [-0.2, 0) is 0 Å². The number of aromatic nitrogens is 2. The predicted octanol–water partition coefficient (Wildman–Crippen LogP) is 2.93. The van der Waals surface area contributed by atoms with E-state index in [1.54, 1.807) is 6.07 Å². The molecule has 0 bridgehead atoms. The van der Waals surface area contributed by atoms with Gasteiger partial charge in [0.25, 0.3) is 0 Å². The summed E-state index contributed by atoms with van der Waals surface area (Å²) in [7, 11) is 0. The highest BCUT2D eigenvalue weighted by molar-refractivity contribution is 5.63. The molecule has 1 aliphatic carbocycles. The number of hydrogen-bond acceptors (Lipinski definition) is 2. The van der Waals surface area contributed by atoms with Crippen molar-refractivity contribution in [3.63, 3.8) is 0 Å². The van der Waals surface area contributed by atoms with E-state index in [9.17, 15) is 8.78 Å². The van der Waals surface area contributed by atoms with Crippen molar-refractivity contribution in [3.05, 3.63) is 35.9 Å². The van der Waals surface area contributed by atoms with Crippen molar-refractivity contribution >= 4 is 5.82 Å². The average Bonchev–Trinajstić information content (AvgIpc) is 2.99. The van der Waals surface area contributed by atoms with Crippen molar-refractivity contribution in [2.75, 3.05) is 5.32 Å². The lowest BCUT2D eigenvalue weighted by Crippen LogP contribution is -2.00. The van der Waals surface area contributed by atoms with Gasteiger partial charge in [0.15, 0.2) is 0 Å². The Bertz CT molecular complexity index is 546. The maximum absolute atomic E-state index is 13.5. The van der Waals surface area contributed by atoms with Gasteiger partial charge < -0.3 is 5.32 Å². The number of benzene rings is 1. The van der Waals surface area contributed by atoms with Crippen LogP contribution in [0, 0.1) is 11.6 Å². The highest BCUT2D eigenvalue weighted by atomic mass is 19.1. The van der Waals surface area contributed by atoms with Gasteiger partial charge in [0.05, 0.1) is 5.69 Å². The molecule has 2 N–H and O–H groups in total. The summed E-state index contributed by atoms with van der Waals surface area (Å²) in [4.78, 5) is 0. The summed E-state index contributed by atoms with van der Waals surface area (Å²) in [5, 5.41) is 9.90. The summed E-state index contributed by atoms with van der Waals surface area (Å²) in [6, 6.07) is 5.53. The number of rotatable bonds is 3. The van der Waals surface area contributed by atoms with Crippen LogP contribution in [-0.4, -0.2) is 16.2 Å². The molecule has 88 valence electrons.